The number of benzene rings is 1. The van der Waals surface area contributed by atoms with Crippen molar-refractivity contribution in [3.05, 3.63) is 62.3 Å². The second kappa shape index (κ2) is 10.6. The highest BCUT2D eigenvalue weighted by Crippen LogP contribution is 2.47. The molecule has 13 heteroatoms. The summed E-state index contributed by atoms with van der Waals surface area (Å²) in [6.45, 7) is 4.87. The SMILES string of the molecule is Cc1c(C)c(=O)[nH][n+](OC(=O)C(F)(F)F)c1Cc1ccc(F)c(C(=O)N2CC(=O)N(C3C[C@@H]4CC[C@@H]3C4)C(C)C2)c1. The van der Waals surface area contributed by atoms with E-state index in [2.05, 4.69) is 9.94 Å². The molecule has 1 aliphatic heterocycles. The Morgan fingerprint density at radius 2 is 1.85 bits per heavy atom. The number of aromatic amines is 1. The van der Waals surface area contributed by atoms with Gasteiger partial charge in [-0.1, -0.05) is 17.6 Å². The van der Waals surface area contributed by atoms with Crippen LogP contribution in [-0.2, 0) is 16.0 Å². The molecule has 1 aromatic carbocycles. The molecule has 2 saturated carbocycles. The molecular formula is C28H31F4N4O5+. The summed E-state index contributed by atoms with van der Waals surface area (Å²) in [5.41, 5.74) is -0.335. The third-order valence-electron chi connectivity index (χ3n) is 8.74. The van der Waals surface area contributed by atoms with Gasteiger partial charge in [-0.15, -0.1) is 0 Å². The van der Waals surface area contributed by atoms with E-state index in [4.69, 9.17) is 0 Å². The van der Waals surface area contributed by atoms with Gasteiger partial charge in [0.15, 0.2) is 0 Å². The molecule has 2 aromatic rings. The first-order chi connectivity index (χ1) is 19.2. The second-order valence-electron chi connectivity index (χ2n) is 11.4. The largest absolute Gasteiger partial charge is 0.498 e. The van der Waals surface area contributed by atoms with Crippen molar-refractivity contribution in [3.8, 4) is 0 Å². The molecule has 1 saturated heterocycles. The molecule has 4 atom stereocenters. The zero-order chi connectivity index (χ0) is 29.8. The topological polar surface area (TPSA) is 104 Å². The van der Waals surface area contributed by atoms with Gasteiger partial charge in [-0.25, -0.2) is 9.18 Å². The standard InChI is InChI=1S/C28H30F4N4O5/c1-14-12-34(13-24(37)35(14)23-11-17-4-6-19(23)8-17)26(39)20-9-18(5-7-21(20)29)10-22-15(2)16(3)25(38)33-36(22)41-27(40)28(30,31)32/h5,7,9,14,17,19,23H,4,6,8,10-13H2,1-3H3/p+1/t14?,17-,19-,23?/m1/s1. The van der Waals surface area contributed by atoms with Gasteiger partial charge in [0.1, 0.15) is 17.2 Å². The van der Waals surface area contributed by atoms with Gasteiger partial charge in [0, 0.05) is 29.8 Å². The number of amides is 2. The number of carbonyl (C=O) groups excluding carboxylic acids is 3. The summed E-state index contributed by atoms with van der Waals surface area (Å²) >= 11 is 0. The van der Waals surface area contributed by atoms with Crippen LogP contribution in [-0.4, -0.2) is 64.0 Å². The Hall–Kier alpha value is -3.77. The quantitative estimate of drug-likeness (QED) is 0.433. The molecule has 0 spiro atoms. The van der Waals surface area contributed by atoms with Crippen molar-refractivity contribution < 1.29 is 41.6 Å². The maximum Gasteiger partial charge on any atom is 0.498 e. The van der Waals surface area contributed by atoms with Crippen LogP contribution in [0.2, 0.25) is 0 Å². The summed E-state index contributed by atoms with van der Waals surface area (Å²) in [7, 11) is 0. The van der Waals surface area contributed by atoms with Gasteiger partial charge in [0.25, 0.3) is 11.6 Å². The number of rotatable bonds is 5. The summed E-state index contributed by atoms with van der Waals surface area (Å²) in [6, 6.07) is 3.59. The number of piperazine rings is 1. The number of hydrogen-bond donors (Lipinski definition) is 1. The van der Waals surface area contributed by atoms with Gasteiger partial charge >= 0.3 is 17.7 Å². The van der Waals surface area contributed by atoms with Gasteiger partial charge in [0.05, 0.1) is 12.0 Å². The smallest absolute Gasteiger partial charge is 0.333 e. The molecule has 0 radical (unpaired) electrons. The molecule has 2 amide bonds. The first kappa shape index (κ1) is 28.7. The fourth-order valence-electron chi connectivity index (χ4n) is 6.59. The maximum atomic E-state index is 14.9. The van der Waals surface area contributed by atoms with E-state index in [0.29, 0.717) is 22.2 Å². The van der Waals surface area contributed by atoms with E-state index in [9.17, 15) is 36.7 Å². The van der Waals surface area contributed by atoms with Crippen LogP contribution in [0.25, 0.3) is 0 Å². The molecule has 5 rings (SSSR count). The zero-order valence-electron chi connectivity index (χ0n) is 22.9. The normalized spacial score (nSPS) is 24.2. The lowest BCUT2D eigenvalue weighted by molar-refractivity contribution is -0.921. The molecule has 2 bridgehead atoms. The van der Waals surface area contributed by atoms with E-state index >= 15 is 0 Å². The third-order valence-corrected chi connectivity index (χ3v) is 8.74. The number of H-pyrrole nitrogens is 1. The molecule has 3 aliphatic rings. The molecular weight excluding hydrogens is 548 g/mol. The van der Waals surface area contributed by atoms with E-state index in [1.54, 1.807) is 0 Å². The van der Waals surface area contributed by atoms with Crippen molar-refractivity contribution in [2.24, 2.45) is 11.8 Å². The van der Waals surface area contributed by atoms with Gasteiger partial charge in [-0.05, 0) is 69.6 Å². The lowest BCUT2D eigenvalue weighted by Gasteiger charge is -2.45. The van der Waals surface area contributed by atoms with E-state index in [-0.39, 0.29) is 59.9 Å². The Labute approximate surface area is 233 Å². The molecule has 41 heavy (non-hydrogen) atoms. The van der Waals surface area contributed by atoms with Crippen LogP contribution in [0, 0.1) is 31.5 Å². The van der Waals surface area contributed by atoms with E-state index < -0.39 is 29.4 Å². The lowest BCUT2D eigenvalue weighted by Crippen LogP contribution is -2.60. The van der Waals surface area contributed by atoms with Crippen LogP contribution >= 0.6 is 0 Å². The van der Waals surface area contributed by atoms with Crippen LogP contribution in [0.1, 0.15) is 65.3 Å². The molecule has 2 unspecified atom stereocenters. The average Bonchev–Trinajstić information content (AvgIpc) is 3.53. The summed E-state index contributed by atoms with van der Waals surface area (Å²) < 4.78 is 53.5. The molecule has 9 nitrogen and oxygen atoms in total. The zero-order valence-corrected chi connectivity index (χ0v) is 22.9. The Kier molecular flexibility index (Phi) is 7.41. The Morgan fingerprint density at radius 1 is 1.12 bits per heavy atom. The number of halogens is 4. The van der Waals surface area contributed by atoms with Crippen molar-refractivity contribution in [1.29, 1.82) is 0 Å². The van der Waals surface area contributed by atoms with Crippen LogP contribution in [0.3, 0.4) is 0 Å². The fourth-order valence-corrected chi connectivity index (χ4v) is 6.59. The first-order valence-electron chi connectivity index (χ1n) is 13.6. The first-order valence-corrected chi connectivity index (χ1v) is 13.6. The Morgan fingerprint density at radius 3 is 2.46 bits per heavy atom. The van der Waals surface area contributed by atoms with E-state index in [1.807, 2.05) is 11.8 Å². The fraction of sp³-hybridized carbons (Fsp3) is 0.536. The van der Waals surface area contributed by atoms with Crippen LogP contribution in [0.5, 0.6) is 0 Å². The van der Waals surface area contributed by atoms with Crippen molar-refractivity contribution in [2.45, 2.75) is 71.1 Å². The molecule has 2 aliphatic carbocycles. The number of aromatic nitrogens is 2. The second-order valence-corrected chi connectivity index (χ2v) is 11.4. The van der Waals surface area contributed by atoms with Crippen LogP contribution < -0.4 is 15.2 Å². The number of nitrogens with zero attached hydrogens (tertiary/aromatic N) is 3. The summed E-state index contributed by atoms with van der Waals surface area (Å²) in [4.78, 5) is 58.2. The number of alkyl halides is 3. The summed E-state index contributed by atoms with van der Waals surface area (Å²) in [5.74, 6) is -3.07. The predicted octanol–water partition coefficient (Wildman–Crippen LogP) is 2.39. The van der Waals surface area contributed by atoms with Crippen molar-refractivity contribution in [1.82, 2.24) is 14.9 Å². The van der Waals surface area contributed by atoms with Gasteiger partial charge in [0.2, 0.25) is 5.91 Å². The van der Waals surface area contributed by atoms with Gasteiger partial charge in [-0.3, -0.25) is 14.4 Å². The molecule has 2 heterocycles. The van der Waals surface area contributed by atoms with Crippen molar-refractivity contribution in [3.63, 3.8) is 0 Å². The molecule has 1 N–H and O–H groups in total. The highest BCUT2D eigenvalue weighted by Gasteiger charge is 2.48. The monoisotopic (exact) mass is 579 g/mol. The highest BCUT2D eigenvalue weighted by molar-refractivity contribution is 5.97. The van der Waals surface area contributed by atoms with Gasteiger partial charge < -0.3 is 9.80 Å². The third kappa shape index (κ3) is 5.45. The minimum atomic E-state index is -5.31. The summed E-state index contributed by atoms with van der Waals surface area (Å²) in [6.07, 6.45) is -1.11. The lowest BCUT2D eigenvalue weighted by atomic mass is 9.92. The highest BCUT2D eigenvalue weighted by atomic mass is 19.4. The summed E-state index contributed by atoms with van der Waals surface area (Å²) in [5, 5.41) is 2.08. The minimum absolute atomic E-state index is 0.00650. The number of nitrogens with one attached hydrogen (secondary N) is 1. The number of fused-ring (bicyclic) bond motifs is 2. The number of hydrogen-bond acceptors (Lipinski definition) is 5. The van der Waals surface area contributed by atoms with Crippen LogP contribution in [0.4, 0.5) is 17.6 Å². The average molecular weight is 580 g/mol. The van der Waals surface area contributed by atoms with Crippen LogP contribution in [0.15, 0.2) is 23.0 Å². The number of carbonyl (C=O) groups is 3. The minimum Gasteiger partial charge on any atom is -0.333 e. The maximum absolute atomic E-state index is 14.9. The molecule has 3 fully saturated rings. The Bertz CT molecular complexity index is 1470. The van der Waals surface area contributed by atoms with E-state index in [1.165, 1.54) is 37.3 Å². The van der Waals surface area contributed by atoms with Crippen molar-refractivity contribution in [2.75, 3.05) is 13.1 Å². The molecule has 220 valence electrons. The van der Waals surface area contributed by atoms with Gasteiger partial charge in [-0.2, -0.15) is 18.0 Å². The Balaban J connectivity index is 1.38. The van der Waals surface area contributed by atoms with E-state index in [0.717, 1.165) is 25.3 Å². The predicted molar refractivity (Wildman–Crippen MR) is 135 cm³/mol. The molecule has 1 aromatic heterocycles. The van der Waals surface area contributed by atoms with Crippen molar-refractivity contribution >= 4 is 17.8 Å².